The molecule has 0 saturated carbocycles. The first kappa shape index (κ1) is 16.0. The molecule has 58 valence electrons. The molecule has 0 N–H and O–H groups in total. The van der Waals surface area contributed by atoms with Gasteiger partial charge in [0, 0.05) is 0 Å². The molecule has 0 saturated heterocycles. The second kappa shape index (κ2) is 44.0. The zero-order chi connectivity index (χ0) is 8.83. The Bertz CT molecular complexity index is 64.1. The summed E-state index contributed by atoms with van der Waals surface area (Å²) in [6.45, 7) is 18.3. The lowest BCUT2D eigenvalue weighted by Gasteiger charge is -1.57. The monoisotopic (exact) mass is 138 g/mol. The SMILES string of the molecule is C=C.C=CC=C.C=CCC. The first-order chi connectivity index (χ1) is 4.83. The van der Waals surface area contributed by atoms with E-state index in [1.165, 1.54) is 0 Å². The summed E-state index contributed by atoms with van der Waals surface area (Å²) in [4.78, 5) is 0. The van der Waals surface area contributed by atoms with E-state index >= 15 is 0 Å². The van der Waals surface area contributed by atoms with Gasteiger partial charge in [0.05, 0.1) is 0 Å². The van der Waals surface area contributed by atoms with Crippen LogP contribution in [0.25, 0.3) is 0 Å². The van der Waals surface area contributed by atoms with Gasteiger partial charge in [-0.15, -0.1) is 19.7 Å². The molecule has 0 spiro atoms. The van der Waals surface area contributed by atoms with Crippen LogP contribution >= 0.6 is 0 Å². The van der Waals surface area contributed by atoms with E-state index in [9.17, 15) is 0 Å². The molecule has 0 amide bonds. The second-order valence-electron chi connectivity index (χ2n) is 1.17. The van der Waals surface area contributed by atoms with Crippen molar-refractivity contribution in [2.75, 3.05) is 0 Å². The van der Waals surface area contributed by atoms with Crippen LogP contribution in [0.3, 0.4) is 0 Å². The van der Waals surface area contributed by atoms with Gasteiger partial charge < -0.3 is 0 Å². The highest BCUT2D eigenvalue weighted by Gasteiger charge is 1.45. The van der Waals surface area contributed by atoms with Gasteiger partial charge in [-0.1, -0.05) is 38.3 Å². The van der Waals surface area contributed by atoms with E-state index in [0.717, 1.165) is 6.42 Å². The van der Waals surface area contributed by atoms with Gasteiger partial charge in [0.1, 0.15) is 0 Å². The Morgan fingerprint density at radius 1 is 1.00 bits per heavy atom. The smallest absolute Gasteiger partial charge is 0.0382 e. The normalized spacial score (nSPS) is 4.90. The summed E-state index contributed by atoms with van der Waals surface area (Å²) < 4.78 is 0. The van der Waals surface area contributed by atoms with E-state index in [1.54, 1.807) is 12.2 Å². The van der Waals surface area contributed by atoms with Gasteiger partial charge in [0.15, 0.2) is 0 Å². The van der Waals surface area contributed by atoms with Crippen molar-refractivity contribution in [2.24, 2.45) is 0 Å². The Labute approximate surface area is 65.3 Å². The van der Waals surface area contributed by atoms with Crippen molar-refractivity contribution in [3.05, 3.63) is 51.1 Å². The van der Waals surface area contributed by atoms with Crippen molar-refractivity contribution in [3.8, 4) is 0 Å². The minimum atomic E-state index is 1.08. The van der Waals surface area contributed by atoms with E-state index < -0.39 is 0 Å². The fourth-order valence-corrected chi connectivity index (χ4v) is 0. The van der Waals surface area contributed by atoms with E-state index in [0.29, 0.717) is 0 Å². The molecule has 0 nitrogen and oxygen atoms in total. The average molecular weight is 138 g/mol. The van der Waals surface area contributed by atoms with Crippen molar-refractivity contribution in [1.82, 2.24) is 0 Å². The molecule has 0 aromatic carbocycles. The zero-order valence-corrected chi connectivity index (χ0v) is 6.97. The van der Waals surface area contributed by atoms with Crippen LogP contribution in [0.15, 0.2) is 51.1 Å². The van der Waals surface area contributed by atoms with E-state index in [2.05, 4.69) is 39.8 Å². The average Bonchev–Trinajstić information content (AvgIpc) is 2.08. The summed E-state index contributed by atoms with van der Waals surface area (Å²) in [6, 6.07) is 0. The zero-order valence-electron chi connectivity index (χ0n) is 6.97. The lowest BCUT2D eigenvalue weighted by molar-refractivity contribution is 1.23. The van der Waals surface area contributed by atoms with Crippen LogP contribution in [0.5, 0.6) is 0 Å². The number of rotatable bonds is 2. The first-order valence-electron chi connectivity index (χ1n) is 3.17. The summed E-state index contributed by atoms with van der Waals surface area (Å²) in [5.74, 6) is 0. The third-order valence-electron chi connectivity index (χ3n) is 0.455. The highest BCUT2D eigenvalue weighted by molar-refractivity contribution is 4.88. The molecule has 0 aliphatic heterocycles. The maximum Gasteiger partial charge on any atom is -0.0382 e. The molecule has 10 heavy (non-hydrogen) atoms. The number of allylic oxidation sites excluding steroid dienone is 3. The first-order valence-corrected chi connectivity index (χ1v) is 3.17. The summed E-state index contributed by atoms with van der Waals surface area (Å²) in [5.41, 5.74) is 0. The van der Waals surface area contributed by atoms with Crippen LogP contribution in [-0.4, -0.2) is 0 Å². The maximum atomic E-state index is 3.48. The maximum absolute atomic E-state index is 3.48. The minimum absolute atomic E-state index is 1.08. The van der Waals surface area contributed by atoms with E-state index in [-0.39, 0.29) is 0 Å². The van der Waals surface area contributed by atoms with Crippen molar-refractivity contribution < 1.29 is 0 Å². The Balaban J connectivity index is -0.0000000787. The Morgan fingerprint density at radius 3 is 1.20 bits per heavy atom. The van der Waals surface area contributed by atoms with Crippen LogP contribution in [0.1, 0.15) is 13.3 Å². The topological polar surface area (TPSA) is 0 Å². The van der Waals surface area contributed by atoms with Crippen molar-refractivity contribution >= 4 is 0 Å². The fraction of sp³-hybridized carbons (Fsp3) is 0.200. The molecule has 0 bridgehead atoms. The van der Waals surface area contributed by atoms with Gasteiger partial charge in [-0.05, 0) is 6.42 Å². The quantitative estimate of drug-likeness (QED) is 0.403. The highest BCUT2D eigenvalue weighted by atomic mass is 13.5. The number of hydrogen-bond acceptors (Lipinski definition) is 0. The van der Waals surface area contributed by atoms with Crippen molar-refractivity contribution in [1.29, 1.82) is 0 Å². The predicted octanol–water partition coefficient (Wildman–Crippen LogP) is 3.74. The largest absolute Gasteiger partial charge is 0.106 e. The van der Waals surface area contributed by atoms with Crippen LogP contribution in [0.4, 0.5) is 0 Å². The third-order valence-corrected chi connectivity index (χ3v) is 0.455. The van der Waals surface area contributed by atoms with Gasteiger partial charge in [0.25, 0.3) is 0 Å². The standard InChI is InChI=1S/C4H8.C4H6.C2H4/c2*1-3-4-2;1-2/h3H,1,4H2,2H3;3-4H,1-2H2;1-2H2. The molecule has 0 aliphatic rings. The molecule has 0 unspecified atom stereocenters. The molecule has 0 atom stereocenters. The summed E-state index contributed by atoms with van der Waals surface area (Å²) in [7, 11) is 0. The second-order valence-corrected chi connectivity index (χ2v) is 1.17. The van der Waals surface area contributed by atoms with Crippen LogP contribution in [0.2, 0.25) is 0 Å². The van der Waals surface area contributed by atoms with E-state index in [4.69, 9.17) is 0 Å². The van der Waals surface area contributed by atoms with Gasteiger partial charge in [-0.3, -0.25) is 0 Å². The Kier molecular flexibility index (Phi) is 70.3. The highest BCUT2D eigenvalue weighted by Crippen LogP contribution is 1.66. The minimum Gasteiger partial charge on any atom is -0.106 e. The summed E-state index contributed by atoms with van der Waals surface area (Å²) in [6.07, 6.45) is 6.24. The summed E-state index contributed by atoms with van der Waals surface area (Å²) >= 11 is 0. The predicted molar refractivity (Wildman–Crippen MR) is 52.1 cm³/mol. The molecule has 0 rings (SSSR count). The lowest BCUT2D eigenvalue weighted by Crippen LogP contribution is -1.36. The molecular formula is C10H18. The molecular weight excluding hydrogens is 120 g/mol. The Morgan fingerprint density at radius 2 is 1.20 bits per heavy atom. The van der Waals surface area contributed by atoms with Gasteiger partial charge in [0.2, 0.25) is 0 Å². The number of hydrogen-bond donors (Lipinski definition) is 0. The molecule has 0 aromatic rings. The van der Waals surface area contributed by atoms with Crippen molar-refractivity contribution in [2.45, 2.75) is 13.3 Å². The van der Waals surface area contributed by atoms with Gasteiger partial charge >= 0.3 is 0 Å². The van der Waals surface area contributed by atoms with Gasteiger partial charge in [-0.2, -0.15) is 0 Å². The molecule has 0 radical (unpaired) electrons. The van der Waals surface area contributed by atoms with Crippen LogP contribution in [0, 0.1) is 0 Å². The molecule has 0 aromatic heterocycles. The Hall–Kier alpha value is -1.04. The van der Waals surface area contributed by atoms with E-state index in [1.807, 2.05) is 6.08 Å². The molecule has 0 heterocycles. The van der Waals surface area contributed by atoms with Crippen LogP contribution < -0.4 is 0 Å². The summed E-state index contributed by atoms with van der Waals surface area (Å²) in [5, 5.41) is 0. The molecule has 0 fully saturated rings. The van der Waals surface area contributed by atoms with Crippen molar-refractivity contribution in [3.63, 3.8) is 0 Å². The van der Waals surface area contributed by atoms with Gasteiger partial charge in [-0.25, -0.2) is 0 Å². The lowest BCUT2D eigenvalue weighted by atomic mass is 10.5. The molecule has 0 aliphatic carbocycles. The van der Waals surface area contributed by atoms with Crippen LogP contribution in [-0.2, 0) is 0 Å². The molecule has 0 heteroatoms. The fourth-order valence-electron chi connectivity index (χ4n) is 0. The third kappa shape index (κ3) is 268.